The normalized spacial score (nSPS) is 25.7. The quantitative estimate of drug-likeness (QED) is 0.556. The summed E-state index contributed by atoms with van der Waals surface area (Å²) in [7, 11) is 0. The van der Waals surface area contributed by atoms with Crippen molar-refractivity contribution in [3.63, 3.8) is 0 Å². The van der Waals surface area contributed by atoms with Gasteiger partial charge < -0.3 is 9.47 Å². The molecule has 0 bridgehead atoms. The van der Waals surface area contributed by atoms with Gasteiger partial charge in [-0.25, -0.2) is 0 Å². The molecule has 0 N–H and O–H groups in total. The average Bonchev–Trinajstić information content (AvgIpc) is 1.91. The van der Waals surface area contributed by atoms with Crippen LogP contribution in [0, 0.1) is 6.42 Å². The summed E-state index contributed by atoms with van der Waals surface area (Å²) in [5.41, 5.74) is 0. The van der Waals surface area contributed by atoms with Crippen molar-refractivity contribution in [1.82, 2.24) is 0 Å². The van der Waals surface area contributed by atoms with Gasteiger partial charge in [0.15, 0.2) is 0 Å². The first-order valence-electron chi connectivity index (χ1n) is 3.09. The Kier molecular flexibility index (Phi) is 2.58. The maximum Gasteiger partial charge on any atom is 0.206 e. The van der Waals surface area contributed by atoms with Crippen molar-refractivity contribution in [3.8, 4) is 0 Å². The summed E-state index contributed by atoms with van der Waals surface area (Å²) < 4.78 is 10.1. The summed E-state index contributed by atoms with van der Waals surface area (Å²) in [4.78, 5) is 0. The molecule has 1 rings (SSSR count). The highest BCUT2D eigenvalue weighted by Crippen LogP contribution is 2.09. The number of hydrogen-bond donors (Lipinski definition) is 0. The Hall–Kier alpha value is -0.500. The molecule has 0 saturated carbocycles. The Morgan fingerprint density at radius 2 is 2.78 bits per heavy atom. The van der Waals surface area contributed by atoms with Gasteiger partial charge in [-0.05, 0) is 19.4 Å². The third kappa shape index (κ3) is 2.06. The first-order valence-corrected chi connectivity index (χ1v) is 3.09. The van der Waals surface area contributed by atoms with Crippen LogP contribution in [0.15, 0.2) is 12.3 Å². The summed E-state index contributed by atoms with van der Waals surface area (Å²) >= 11 is 0. The second-order valence-electron chi connectivity index (χ2n) is 1.70. The predicted octanol–water partition coefficient (Wildman–Crippen LogP) is 1.36. The summed E-state index contributed by atoms with van der Waals surface area (Å²) in [5.74, 6) is 0. The standard InChI is InChI=1S/C7H10O2/c1-2-8-7-5-3-4-6-9-7/h4,6-7H,2-3H2,1H3. The van der Waals surface area contributed by atoms with Gasteiger partial charge in [0, 0.05) is 6.61 Å². The number of ether oxygens (including phenoxy) is 2. The average molecular weight is 126 g/mol. The van der Waals surface area contributed by atoms with Crippen molar-refractivity contribution in [3.05, 3.63) is 18.8 Å². The molecular weight excluding hydrogens is 116 g/mol. The minimum atomic E-state index is -0.236. The van der Waals surface area contributed by atoms with E-state index >= 15 is 0 Å². The molecule has 9 heavy (non-hydrogen) atoms. The van der Waals surface area contributed by atoms with Crippen LogP contribution in [-0.2, 0) is 9.47 Å². The topological polar surface area (TPSA) is 18.5 Å². The zero-order valence-corrected chi connectivity index (χ0v) is 5.46. The molecule has 1 aliphatic heterocycles. The summed E-state index contributed by atoms with van der Waals surface area (Å²) in [5, 5.41) is 0. The predicted molar refractivity (Wildman–Crippen MR) is 33.5 cm³/mol. The van der Waals surface area contributed by atoms with E-state index in [0.717, 1.165) is 6.42 Å². The Morgan fingerprint density at radius 1 is 1.89 bits per heavy atom. The van der Waals surface area contributed by atoms with Crippen LogP contribution < -0.4 is 0 Å². The van der Waals surface area contributed by atoms with Crippen LogP contribution in [-0.4, -0.2) is 12.9 Å². The maximum absolute atomic E-state index is 5.10. The molecule has 0 spiro atoms. The van der Waals surface area contributed by atoms with Crippen molar-refractivity contribution in [1.29, 1.82) is 0 Å². The van der Waals surface area contributed by atoms with E-state index in [1.165, 1.54) is 0 Å². The van der Waals surface area contributed by atoms with Gasteiger partial charge in [0.1, 0.15) is 0 Å². The van der Waals surface area contributed by atoms with Crippen LogP contribution in [0.1, 0.15) is 13.3 Å². The van der Waals surface area contributed by atoms with E-state index in [1.807, 2.05) is 13.0 Å². The van der Waals surface area contributed by atoms with Crippen LogP contribution >= 0.6 is 0 Å². The van der Waals surface area contributed by atoms with Gasteiger partial charge >= 0.3 is 0 Å². The summed E-state index contributed by atoms with van der Waals surface area (Å²) in [6.45, 7) is 2.61. The Morgan fingerprint density at radius 3 is 3.33 bits per heavy atom. The molecule has 0 aliphatic carbocycles. The fraction of sp³-hybridized carbons (Fsp3) is 0.571. The van der Waals surface area contributed by atoms with Gasteiger partial charge in [0.2, 0.25) is 6.29 Å². The molecule has 1 unspecified atom stereocenters. The molecule has 1 heterocycles. The van der Waals surface area contributed by atoms with Crippen LogP contribution in [0.2, 0.25) is 0 Å². The lowest BCUT2D eigenvalue weighted by atomic mass is 10.3. The SMILES string of the molecule is CCOC1[C]CC=CO1. The largest absolute Gasteiger partial charge is 0.472 e. The monoisotopic (exact) mass is 126 g/mol. The highest BCUT2D eigenvalue weighted by atomic mass is 16.7. The first-order chi connectivity index (χ1) is 4.43. The summed E-state index contributed by atoms with van der Waals surface area (Å²) in [6.07, 6.45) is 7.12. The second kappa shape index (κ2) is 3.51. The molecule has 0 aromatic rings. The van der Waals surface area contributed by atoms with Gasteiger partial charge in [-0.2, -0.15) is 0 Å². The van der Waals surface area contributed by atoms with Crippen LogP contribution in [0.4, 0.5) is 0 Å². The fourth-order valence-electron chi connectivity index (χ4n) is 0.637. The number of hydrogen-bond acceptors (Lipinski definition) is 2. The van der Waals surface area contributed by atoms with E-state index < -0.39 is 0 Å². The molecular formula is C7H10O2. The molecule has 0 amide bonds. The zero-order valence-electron chi connectivity index (χ0n) is 5.46. The first kappa shape index (κ1) is 6.62. The molecule has 0 aromatic heterocycles. The van der Waals surface area contributed by atoms with Gasteiger partial charge in [-0.3, -0.25) is 0 Å². The van der Waals surface area contributed by atoms with E-state index in [-0.39, 0.29) is 6.29 Å². The second-order valence-corrected chi connectivity index (χ2v) is 1.70. The highest BCUT2D eigenvalue weighted by molar-refractivity contribution is 4.89. The smallest absolute Gasteiger partial charge is 0.206 e. The van der Waals surface area contributed by atoms with E-state index in [0.29, 0.717) is 6.61 Å². The molecule has 0 aromatic carbocycles. The van der Waals surface area contributed by atoms with Gasteiger partial charge in [-0.1, -0.05) is 0 Å². The lowest BCUT2D eigenvalue weighted by Gasteiger charge is -2.17. The minimum absolute atomic E-state index is 0.236. The van der Waals surface area contributed by atoms with Gasteiger partial charge in [0.05, 0.1) is 12.7 Å². The number of rotatable bonds is 2. The number of allylic oxidation sites excluding steroid dienone is 1. The van der Waals surface area contributed by atoms with E-state index in [2.05, 4.69) is 6.42 Å². The molecule has 0 saturated heterocycles. The molecule has 0 fully saturated rings. The van der Waals surface area contributed by atoms with Crippen LogP contribution in [0.3, 0.4) is 0 Å². The van der Waals surface area contributed by atoms with E-state index in [1.54, 1.807) is 6.26 Å². The third-order valence-corrected chi connectivity index (χ3v) is 1.02. The van der Waals surface area contributed by atoms with Crippen LogP contribution in [0.25, 0.3) is 0 Å². The summed E-state index contributed by atoms with van der Waals surface area (Å²) in [6, 6.07) is 0. The molecule has 2 heteroatoms. The molecule has 50 valence electrons. The third-order valence-electron chi connectivity index (χ3n) is 1.02. The highest BCUT2D eigenvalue weighted by Gasteiger charge is 2.09. The van der Waals surface area contributed by atoms with Crippen molar-refractivity contribution >= 4 is 0 Å². The van der Waals surface area contributed by atoms with E-state index in [9.17, 15) is 0 Å². The van der Waals surface area contributed by atoms with Crippen LogP contribution in [0.5, 0.6) is 0 Å². The Balaban J connectivity index is 2.18. The molecule has 1 aliphatic rings. The van der Waals surface area contributed by atoms with Crippen molar-refractivity contribution in [2.45, 2.75) is 19.6 Å². The van der Waals surface area contributed by atoms with Crippen molar-refractivity contribution in [2.24, 2.45) is 0 Å². The van der Waals surface area contributed by atoms with E-state index in [4.69, 9.17) is 9.47 Å². The molecule has 2 nitrogen and oxygen atoms in total. The van der Waals surface area contributed by atoms with Gasteiger partial charge in [-0.15, -0.1) is 0 Å². The lowest BCUT2D eigenvalue weighted by molar-refractivity contribution is -0.0837. The fourth-order valence-corrected chi connectivity index (χ4v) is 0.637. The maximum atomic E-state index is 5.10. The van der Waals surface area contributed by atoms with Crippen molar-refractivity contribution < 1.29 is 9.47 Å². The Labute approximate surface area is 55.5 Å². The van der Waals surface area contributed by atoms with Crippen molar-refractivity contribution in [2.75, 3.05) is 6.61 Å². The van der Waals surface area contributed by atoms with Gasteiger partial charge in [0.25, 0.3) is 0 Å². The molecule has 1 atom stereocenters. The lowest BCUT2D eigenvalue weighted by Crippen LogP contribution is -2.16. The molecule has 2 radical (unpaired) electrons. The minimum Gasteiger partial charge on any atom is -0.472 e. The zero-order chi connectivity index (χ0) is 6.53. The Bertz CT molecular complexity index is 99.1.